The van der Waals surface area contributed by atoms with Gasteiger partial charge in [0.2, 0.25) is 0 Å². The lowest BCUT2D eigenvalue weighted by Gasteiger charge is -2.09. The van der Waals surface area contributed by atoms with Crippen LogP contribution in [0.3, 0.4) is 0 Å². The molecule has 0 radical (unpaired) electrons. The van der Waals surface area contributed by atoms with E-state index < -0.39 is 12.1 Å². The molecule has 0 bridgehead atoms. The Bertz CT molecular complexity index is 1070. The highest BCUT2D eigenvalue weighted by atomic mass is 19.1. The van der Waals surface area contributed by atoms with Gasteiger partial charge in [-0.25, -0.2) is 9.37 Å². The number of nitrogens with two attached hydrogens (primary N) is 1. The summed E-state index contributed by atoms with van der Waals surface area (Å²) in [6.45, 7) is 3.46. The molecule has 2 heterocycles. The van der Waals surface area contributed by atoms with Crippen LogP contribution in [0.4, 0.5) is 10.2 Å². The molecular weight excluding hydrogens is 333 g/mol. The van der Waals surface area contributed by atoms with E-state index >= 15 is 0 Å². The van der Waals surface area contributed by atoms with Gasteiger partial charge in [-0.2, -0.15) is 0 Å². The Kier molecular flexibility index (Phi) is 3.64. The van der Waals surface area contributed by atoms with Gasteiger partial charge in [0.05, 0.1) is 5.92 Å². The molecular formula is C20H18FN3O2. The Morgan fingerprint density at radius 2 is 2.00 bits per heavy atom. The molecule has 2 aromatic heterocycles. The highest BCUT2D eigenvalue weighted by molar-refractivity contribution is 6.03. The van der Waals surface area contributed by atoms with E-state index in [1.54, 1.807) is 22.7 Å². The minimum absolute atomic E-state index is 0.00979. The van der Waals surface area contributed by atoms with Gasteiger partial charge in [0, 0.05) is 11.8 Å². The lowest BCUT2D eigenvalue weighted by Crippen LogP contribution is -2.10. The fourth-order valence-corrected chi connectivity index (χ4v) is 3.28. The normalized spacial score (nSPS) is 18.9. The first kappa shape index (κ1) is 16.4. The van der Waals surface area contributed by atoms with E-state index in [9.17, 15) is 14.0 Å². The molecule has 0 amide bonds. The first-order valence-electron chi connectivity index (χ1n) is 8.44. The Balaban J connectivity index is 1.83. The maximum absolute atomic E-state index is 13.3. The summed E-state index contributed by atoms with van der Waals surface area (Å²) in [5, 5.41) is 0. The van der Waals surface area contributed by atoms with Gasteiger partial charge < -0.3 is 5.73 Å². The van der Waals surface area contributed by atoms with E-state index in [2.05, 4.69) is 4.98 Å². The Labute approximate surface area is 149 Å². The fourth-order valence-electron chi connectivity index (χ4n) is 3.28. The second-order valence-corrected chi connectivity index (χ2v) is 6.80. The van der Waals surface area contributed by atoms with Crippen molar-refractivity contribution in [3.63, 3.8) is 0 Å². The molecule has 1 aliphatic carbocycles. The van der Waals surface area contributed by atoms with E-state index in [-0.39, 0.29) is 29.5 Å². The number of aryl methyl sites for hydroxylation is 1. The number of Topliss-reactive ketones (excluding diaryl/α,β-unsaturated/α-hetero) is 2. The SMILES string of the molecule is CC(=O)c1ccc(-c2ccc3nc(N)c(C(=O)[C@@H]4C[C@@H]4F)n3c2)c(C)c1. The number of fused-ring (bicyclic) bond motifs is 1. The average Bonchev–Trinajstić information content (AvgIpc) is 3.23. The van der Waals surface area contributed by atoms with Crippen molar-refractivity contribution in [3.05, 3.63) is 53.3 Å². The van der Waals surface area contributed by atoms with Crippen LogP contribution in [0.25, 0.3) is 16.8 Å². The van der Waals surface area contributed by atoms with Crippen molar-refractivity contribution >= 4 is 23.0 Å². The number of carbonyl (C=O) groups is 2. The predicted octanol–water partition coefficient (Wildman–Crippen LogP) is 3.64. The van der Waals surface area contributed by atoms with Crippen molar-refractivity contribution in [1.29, 1.82) is 0 Å². The van der Waals surface area contributed by atoms with Crippen LogP contribution in [0.15, 0.2) is 36.5 Å². The molecule has 0 saturated heterocycles. The number of anilines is 1. The largest absolute Gasteiger partial charge is 0.382 e. The number of halogens is 1. The van der Waals surface area contributed by atoms with Crippen molar-refractivity contribution in [2.24, 2.45) is 5.92 Å². The van der Waals surface area contributed by atoms with Crippen LogP contribution in [-0.2, 0) is 0 Å². The number of carbonyl (C=O) groups excluding carboxylic acids is 2. The second-order valence-electron chi connectivity index (χ2n) is 6.80. The molecule has 2 N–H and O–H groups in total. The van der Waals surface area contributed by atoms with Crippen molar-refractivity contribution in [2.75, 3.05) is 5.73 Å². The van der Waals surface area contributed by atoms with Crippen LogP contribution < -0.4 is 5.73 Å². The van der Waals surface area contributed by atoms with E-state index in [1.165, 1.54) is 6.92 Å². The fraction of sp³-hybridized carbons (Fsp3) is 0.250. The number of hydrogen-bond acceptors (Lipinski definition) is 4. The number of benzene rings is 1. The molecule has 1 aromatic carbocycles. The highest BCUT2D eigenvalue weighted by Gasteiger charge is 2.45. The summed E-state index contributed by atoms with van der Waals surface area (Å²) in [4.78, 5) is 28.3. The Morgan fingerprint density at radius 3 is 2.62 bits per heavy atom. The molecule has 1 aliphatic rings. The van der Waals surface area contributed by atoms with Crippen LogP contribution in [0.2, 0.25) is 0 Å². The topological polar surface area (TPSA) is 77.5 Å². The zero-order valence-electron chi connectivity index (χ0n) is 14.5. The minimum Gasteiger partial charge on any atom is -0.382 e. The molecule has 1 fully saturated rings. The molecule has 132 valence electrons. The third kappa shape index (κ3) is 2.58. The van der Waals surface area contributed by atoms with Gasteiger partial charge >= 0.3 is 0 Å². The van der Waals surface area contributed by atoms with Crippen molar-refractivity contribution in [2.45, 2.75) is 26.4 Å². The first-order valence-corrected chi connectivity index (χ1v) is 8.44. The molecule has 5 nitrogen and oxygen atoms in total. The summed E-state index contributed by atoms with van der Waals surface area (Å²) in [6.07, 6.45) is 0.950. The summed E-state index contributed by atoms with van der Waals surface area (Å²) in [5.74, 6) is -0.786. The van der Waals surface area contributed by atoms with Gasteiger partial charge in [0.15, 0.2) is 17.4 Å². The van der Waals surface area contributed by atoms with E-state index in [4.69, 9.17) is 5.73 Å². The van der Waals surface area contributed by atoms with Gasteiger partial charge in [0.1, 0.15) is 17.5 Å². The van der Waals surface area contributed by atoms with Crippen molar-refractivity contribution in [3.8, 4) is 11.1 Å². The maximum Gasteiger partial charge on any atom is 0.189 e. The van der Waals surface area contributed by atoms with Gasteiger partial charge in [-0.05, 0) is 55.2 Å². The standard InChI is InChI=1S/C20H18FN3O2/c1-10-7-12(11(2)25)3-5-14(10)13-4-6-17-23-20(22)18(24(17)9-13)19(26)15-8-16(15)21/h3-7,9,15-16H,8,22H2,1-2H3/t15-,16+/m1/s1. The summed E-state index contributed by atoms with van der Waals surface area (Å²) < 4.78 is 15.0. The molecule has 6 heteroatoms. The van der Waals surface area contributed by atoms with Crippen molar-refractivity contribution < 1.29 is 14.0 Å². The number of alkyl halides is 1. The molecule has 3 aromatic rings. The van der Waals surface area contributed by atoms with Crippen LogP contribution >= 0.6 is 0 Å². The summed E-state index contributed by atoms with van der Waals surface area (Å²) in [7, 11) is 0. The molecule has 4 rings (SSSR count). The highest BCUT2D eigenvalue weighted by Crippen LogP contribution is 2.38. The molecule has 26 heavy (non-hydrogen) atoms. The molecule has 0 spiro atoms. The van der Waals surface area contributed by atoms with Crippen LogP contribution in [0.5, 0.6) is 0 Å². The summed E-state index contributed by atoms with van der Waals surface area (Å²) in [5.41, 5.74) is 10.1. The summed E-state index contributed by atoms with van der Waals surface area (Å²) in [6, 6.07) is 9.17. The Hall–Kier alpha value is -3.02. The third-order valence-electron chi connectivity index (χ3n) is 4.87. The predicted molar refractivity (Wildman–Crippen MR) is 97.1 cm³/mol. The number of nitrogen functional groups attached to an aromatic ring is 1. The molecule has 0 aliphatic heterocycles. The minimum atomic E-state index is -1.09. The van der Waals surface area contributed by atoms with E-state index in [1.807, 2.05) is 25.1 Å². The van der Waals surface area contributed by atoms with Crippen LogP contribution in [-0.4, -0.2) is 27.1 Å². The quantitative estimate of drug-likeness (QED) is 0.728. The Morgan fingerprint density at radius 1 is 1.27 bits per heavy atom. The number of hydrogen-bond donors (Lipinski definition) is 1. The number of nitrogens with zero attached hydrogens (tertiary/aromatic N) is 2. The molecule has 1 saturated carbocycles. The monoisotopic (exact) mass is 351 g/mol. The van der Waals surface area contributed by atoms with Gasteiger partial charge in [-0.1, -0.05) is 12.1 Å². The summed E-state index contributed by atoms with van der Waals surface area (Å²) >= 11 is 0. The van der Waals surface area contributed by atoms with Crippen LogP contribution in [0, 0.1) is 12.8 Å². The zero-order chi connectivity index (χ0) is 18.6. The number of imidazole rings is 1. The maximum atomic E-state index is 13.3. The third-order valence-corrected chi connectivity index (χ3v) is 4.87. The van der Waals surface area contributed by atoms with E-state index in [0.717, 1.165) is 16.7 Å². The van der Waals surface area contributed by atoms with Gasteiger partial charge in [-0.3, -0.25) is 14.0 Å². The lowest BCUT2D eigenvalue weighted by atomic mass is 9.98. The van der Waals surface area contributed by atoms with Gasteiger partial charge in [0.25, 0.3) is 0 Å². The van der Waals surface area contributed by atoms with Gasteiger partial charge in [-0.15, -0.1) is 0 Å². The first-order chi connectivity index (χ1) is 12.4. The van der Waals surface area contributed by atoms with Crippen LogP contribution in [0.1, 0.15) is 39.8 Å². The van der Waals surface area contributed by atoms with E-state index in [0.29, 0.717) is 11.2 Å². The van der Waals surface area contributed by atoms with Crippen molar-refractivity contribution in [1.82, 2.24) is 9.38 Å². The second kappa shape index (κ2) is 5.76. The number of rotatable bonds is 4. The number of aromatic nitrogens is 2. The molecule has 0 unspecified atom stereocenters. The number of ketones is 2. The number of pyridine rings is 1. The molecule has 2 atom stereocenters. The smallest absolute Gasteiger partial charge is 0.189 e. The zero-order valence-corrected chi connectivity index (χ0v) is 14.5. The lowest BCUT2D eigenvalue weighted by molar-refractivity contribution is 0.0951. The average molecular weight is 351 g/mol.